The first kappa shape index (κ1) is 19.7. The summed E-state index contributed by atoms with van der Waals surface area (Å²) in [7, 11) is 0. The van der Waals surface area contributed by atoms with Crippen LogP contribution in [0.1, 0.15) is 65.2 Å². The van der Waals surface area contributed by atoms with E-state index in [9.17, 15) is 4.79 Å². The second-order valence-electron chi connectivity index (χ2n) is 10.9. The molecule has 4 saturated carbocycles. The highest BCUT2D eigenvalue weighted by molar-refractivity contribution is 5.87. The van der Waals surface area contributed by atoms with E-state index < -0.39 is 11.6 Å². The van der Waals surface area contributed by atoms with Crippen LogP contribution in [-0.4, -0.2) is 36.9 Å². The molecule has 0 radical (unpaired) electrons. The smallest absolute Gasteiger partial charge is 0.141 e. The number of carbonyl (C=O) groups excluding carboxylic acids is 1. The Hall–Kier alpha value is -1.23. The summed E-state index contributed by atoms with van der Waals surface area (Å²) in [4.78, 5) is 18.4. The monoisotopic (exact) mass is 402 g/mol. The minimum absolute atomic E-state index is 0.0449. The summed E-state index contributed by atoms with van der Waals surface area (Å²) < 4.78 is 15.7. The molecule has 4 nitrogen and oxygen atoms in total. The van der Waals surface area contributed by atoms with Crippen molar-refractivity contribution >= 4 is 11.5 Å². The Morgan fingerprint density at radius 1 is 1.24 bits per heavy atom. The highest BCUT2D eigenvalue weighted by atomic mass is 19.1. The van der Waals surface area contributed by atoms with Crippen LogP contribution in [0.3, 0.4) is 0 Å². The van der Waals surface area contributed by atoms with E-state index in [1.54, 1.807) is 0 Å². The van der Waals surface area contributed by atoms with Gasteiger partial charge in [0.25, 0.3) is 0 Å². The first-order valence-electron chi connectivity index (χ1n) is 11.6. The van der Waals surface area contributed by atoms with Crippen LogP contribution < -0.4 is 5.32 Å². The molecule has 1 aliphatic heterocycles. The Kier molecular flexibility index (Phi) is 4.69. The zero-order chi connectivity index (χ0) is 20.4. The minimum Gasteiger partial charge on any atom is -0.391 e. The maximum absolute atomic E-state index is 15.7. The van der Waals surface area contributed by atoms with Gasteiger partial charge in [0.2, 0.25) is 0 Å². The molecule has 0 amide bonds. The number of oxime groups is 1. The van der Waals surface area contributed by atoms with Crippen LogP contribution in [-0.2, 0) is 9.63 Å². The number of halogens is 1. The third-order valence-corrected chi connectivity index (χ3v) is 9.41. The van der Waals surface area contributed by atoms with Gasteiger partial charge in [0.15, 0.2) is 0 Å². The normalized spacial score (nSPS) is 50.9. The summed E-state index contributed by atoms with van der Waals surface area (Å²) in [5.74, 6) is 1.21. The molecule has 1 saturated heterocycles. The fourth-order valence-electron chi connectivity index (χ4n) is 7.83. The van der Waals surface area contributed by atoms with Crippen LogP contribution in [0.15, 0.2) is 17.3 Å². The number of hydrogen-bond acceptors (Lipinski definition) is 4. The second-order valence-corrected chi connectivity index (χ2v) is 10.9. The first-order chi connectivity index (χ1) is 13.8. The first-order valence-corrected chi connectivity index (χ1v) is 11.6. The van der Waals surface area contributed by atoms with E-state index in [-0.39, 0.29) is 35.1 Å². The third-order valence-electron chi connectivity index (χ3n) is 9.41. The molecule has 8 atom stereocenters. The quantitative estimate of drug-likeness (QED) is 0.548. The van der Waals surface area contributed by atoms with Crippen molar-refractivity contribution in [3.8, 4) is 0 Å². The van der Waals surface area contributed by atoms with Crippen molar-refractivity contribution in [2.45, 2.75) is 77.5 Å². The zero-order valence-corrected chi connectivity index (χ0v) is 17.9. The third kappa shape index (κ3) is 2.94. The molecule has 5 aliphatic rings. The van der Waals surface area contributed by atoms with Crippen LogP contribution in [0.5, 0.6) is 0 Å². The lowest BCUT2D eigenvalue weighted by Gasteiger charge is -2.61. The average Bonchev–Trinajstić information content (AvgIpc) is 3.28. The Morgan fingerprint density at radius 2 is 2.07 bits per heavy atom. The number of alkyl halides is 1. The molecular formula is C24H35FN2O2. The van der Waals surface area contributed by atoms with E-state index >= 15 is 4.39 Å². The number of ketones is 1. The number of allylic oxidation sites excluding steroid dienone is 1. The van der Waals surface area contributed by atoms with Gasteiger partial charge in [0.1, 0.15) is 18.1 Å². The van der Waals surface area contributed by atoms with E-state index in [1.807, 2.05) is 6.92 Å². The molecule has 5 rings (SSSR count). The minimum atomic E-state index is -0.886. The van der Waals surface area contributed by atoms with Gasteiger partial charge in [-0.3, -0.25) is 4.79 Å². The number of rotatable bonds is 2. The Labute approximate surface area is 173 Å². The summed E-state index contributed by atoms with van der Waals surface area (Å²) in [5, 5.41) is 7.82. The number of hydrogen-bond donors (Lipinski definition) is 1. The lowest BCUT2D eigenvalue weighted by molar-refractivity contribution is -0.144. The molecule has 0 aromatic rings. The molecule has 0 spiro atoms. The van der Waals surface area contributed by atoms with Gasteiger partial charge in [-0.15, -0.1) is 0 Å². The van der Waals surface area contributed by atoms with Crippen molar-refractivity contribution in [2.75, 3.05) is 13.1 Å². The Morgan fingerprint density at radius 3 is 2.83 bits per heavy atom. The second kappa shape index (κ2) is 6.90. The van der Waals surface area contributed by atoms with Crippen LogP contribution in [0, 0.1) is 34.5 Å². The average molecular weight is 403 g/mol. The van der Waals surface area contributed by atoms with Gasteiger partial charge in [-0.25, -0.2) is 4.39 Å². The number of Topliss-reactive ketones (excluding diaryl/α,β-unsaturated/α-hetero) is 1. The molecule has 5 heteroatoms. The van der Waals surface area contributed by atoms with Gasteiger partial charge in [0.05, 0.1) is 5.71 Å². The predicted molar refractivity (Wildman–Crippen MR) is 111 cm³/mol. The molecule has 0 aromatic heterocycles. The molecule has 0 bridgehead atoms. The number of nitrogens with one attached hydrogen (secondary N) is 1. The number of carbonyl (C=O) groups is 1. The topological polar surface area (TPSA) is 50.7 Å². The Balaban J connectivity index is 1.38. The van der Waals surface area contributed by atoms with Crippen LogP contribution in [0.2, 0.25) is 0 Å². The molecule has 4 aliphatic carbocycles. The summed E-state index contributed by atoms with van der Waals surface area (Å²) in [6.45, 7) is 10.7. The molecule has 0 aromatic carbocycles. The number of fused-ring (bicyclic) bond motifs is 5. The van der Waals surface area contributed by atoms with Crippen molar-refractivity contribution in [2.24, 2.45) is 39.7 Å². The highest BCUT2D eigenvalue weighted by Crippen LogP contribution is 2.66. The van der Waals surface area contributed by atoms with Crippen molar-refractivity contribution in [3.05, 3.63) is 12.2 Å². The van der Waals surface area contributed by atoms with Gasteiger partial charge < -0.3 is 10.2 Å². The van der Waals surface area contributed by atoms with Gasteiger partial charge >= 0.3 is 0 Å². The van der Waals surface area contributed by atoms with E-state index in [4.69, 9.17) is 4.84 Å². The SMILES string of the molecule is C=C1CC2C3CCC(=O)C3(C)CC(F)C2C2(C)CCC(=NOC3CCNC3)CC12. The Bertz CT molecular complexity index is 745. The van der Waals surface area contributed by atoms with Gasteiger partial charge in [-0.1, -0.05) is 31.2 Å². The zero-order valence-electron chi connectivity index (χ0n) is 17.9. The van der Waals surface area contributed by atoms with E-state index in [0.717, 1.165) is 57.3 Å². The van der Waals surface area contributed by atoms with E-state index in [1.165, 1.54) is 5.57 Å². The van der Waals surface area contributed by atoms with Crippen LogP contribution >= 0.6 is 0 Å². The lowest BCUT2D eigenvalue weighted by atomic mass is 9.44. The van der Waals surface area contributed by atoms with Crippen molar-refractivity contribution in [1.82, 2.24) is 5.32 Å². The predicted octanol–water partition coefficient (Wildman–Crippen LogP) is 4.45. The van der Waals surface area contributed by atoms with E-state index in [2.05, 4.69) is 24.0 Å². The molecule has 29 heavy (non-hydrogen) atoms. The summed E-state index contributed by atoms with van der Waals surface area (Å²) >= 11 is 0. The lowest BCUT2D eigenvalue weighted by Crippen LogP contribution is -2.58. The summed E-state index contributed by atoms with van der Waals surface area (Å²) in [6.07, 6.45) is 5.86. The van der Waals surface area contributed by atoms with Crippen LogP contribution in [0.25, 0.3) is 0 Å². The van der Waals surface area contributed by atoms with Gasteiger partial charge in [-0.05, 0) is 74.2 Å². The fraction of sp³-hybridized carbons (Fsp3) is 0.833. The fourth-order valence-corrected chi connectivity index (χ4v) is 7.83. The van der Waals surface area contributed by atoms with Crippen molar-refractivity contribution in [1.29, 1.82) is 0 Å². The largest absolute Gasteiger partial charge is 0.391 e. The molecule has 1 N–H and O–H groups in total. The standard InChI is InChI=1S/C24H35FN2O2/c1-14-10-17-18-4-5-21(28)24(18,3)12-20(25)22(17)23(2)8-6-15(11-19(14)23)27-29-16-7-9-26-13-16/h16-20,22,26H,1,4-13H2,2-3H3. The molecule has 160 valence electrons. The summed E-state index contributed by atoms with van der Waals surface area (Å²) in [5.41, 5.74) is 1.83. The van der Waals surface area contributed by atoms with E-state index in [0.29, 0.717) is 18.8 Å². The van der Waals surface area contributed by atoms with Crippen LogP contribution in [0.4, 0.5) is 4.39 Å². The maximum atomic E-state index is 15.7. The van der Waals surface area contributed by atoms with Gasteiger partial charge in [-0.2, -0.15) is 0 Å². The molecule has 5 fully saturated rings. The molecule has 1 heterocycles. The summed E-state index contributed by atoms with van der Waals surface area (Å²) in [6, 6.07) is 0. The molecular weight excluding hydrogens is 367 g/mol. The highest BCUT2D eigenvalue weighted by Gasteiger charge is 2.64. The van der Waals surface area contributed by atoms with Crippen molar-refractivity contribution in [3.63, 3.8) is 0 Å². The number of nitrogens with zero attached hydrogens (tertiary/aromatic N) is 1. The molecule has 8 unspecified atom stereocenters. The van der Waals surface area contributed by atoms with Crippen molar-refractivity contribution < 1.29 is 14.0 Å². The maximum Gasteiger partial charge on any atom is 0.141 e. The van der Waals surface area contributed by atoms with Gasteiger partial charge in [0, 0.05) is 24.8 Å².